The van der Waals surface area contributed by atoms with Gasteiger partial charge < -0.3 is 24.8 Å². The van der Waals surface area contributed by atoms with Crippen molar-refractivity contribution in [1.82, 2.24) is 10.5 Å². The lowest BCUT2D eigenvalue weighted by Gasteiger charge is -2.22. The first kappa shape index (κ1) is 26.3. The minimum atomic E-state index is -0.475. The van der Waals surface area contributed by atoms with Crippen molar-refractivity contribution < 1.29 is 23.2 Å². The fourth-order valence-corrected chi connectivity index (χ4v) is 4.01. The first-order valence-corrected chi connectivity index (χ1v) is 12.4. The molecule has 1 fully saturated rings. The van der Waals surface area contributed by atoms with E-state index in [1.165, 1.54) is 12.1 Å². The molecule has 0 atom stereocenters. The molecule has 1 aromatic heterocycles. The molecule has 37 heavy (non-hydrogen) atoms. The van der Waals surface area contributed by atoms with Crippen molar-refractivity contribution in [3.05, 3.63) is 65.2 Å². The van der Waals surface area contributed by atoms with Crippen LogP contribution >= 0.6 is 0 Å². The average Bonchev–Trinajstić information content (AvgIpc) is 3.17. The molecular weight excluding hydrogens is 475 g/mol. The lowest BCUT2D eigenvalue weighted by molar-refractivity contribution is 0.0902. The topological polar surface area (TPSA) is 96.7 Å². The van der Waals surface area contributed by atoms with E-state index < -0.39 is 11.7 Å². The lowest BCUT2D eigenvalue weighted by atomic mass is 9.97. The molecule has 0 spiro atoms. The fourth-order valence-electron chi connectivity index (χ4n) is 4.01. The van der Waals surface area contributed by atoms with E-state index in [4.69, 9.17) is 9.26 Å². The number of benzene rings is 2. The van der Waals surface area contributed by atoms with Crippen LogP contribution in [-0.2, 0) is 4.74 Å². The number of rotatable bonds is 6. The Kier molecular flexibility index (Phi) is 7.92. The van der Waals surface area contributed by atoms with Crippen molar-refractivity contribution >= 4 is 23.2 Å². The number of aryl methyl sites for hydroxylation is 1. The van der Waals surface area contributed by atoms with Gasteiger partial charge in [0.25, 0.3) is 11.8 Å². The zero-order chi connectivity index (χ0) is 26.6. The predicted molar refractivity (Wildman–Crippen MR) is 140 cm³/mol. The van der Waals surface area contributed by atoms with Crippen LogP contribution in [0.1, 0.15) is 53.7 Å². The quantitative estimate of drug-likeness (QED) is 0.484. The maximum atomic E-state index is 14.4. The van der Waals surface area contributed by atoms with E-state index in [1.807, 2.05) is 38.7 Å². The smallest absolute Gasteiger partial charge is 0.289 e. The molecule has 0 bridgehead atoms. The summed E-state index contributed by atoms with van der Waals surface area (Å²) in [4.78, 5) is 27.5. The molecule has 196 valence electrons. The van der Waals surface area contributed by atoms with Crippen molar-refractivity contribution in [3.8, 4) is 11.3 Å². The summed E-state index contributed by atoms with van der Waals surface area (Å²) in [6.07, 6.45) is 0.839. The summed E-state index contributed by atoms with van der Waals surface area (Å²) in [6.45, 7) is 11.1. The summed E-state index contributed by atoms with van der Waals surface area (Å²) in [6, 6.07) is 11.3. The number of halogens is 1. The van der Waals surface area contributed by atoms with Gasteiger partial charge in [-0.25, -0.2) is 4.39 Å². The van der Waals surface area contributed by atoms with Crippen LogP contribution in [0.5, 0.6) is 0 Å². The molecule has 0 radical (unpaired) electrons. The molecule has 4 rings (SSSR count). The fraction of sp³-hybridized carbons (Fsp3) is 0.393. The number of hydrogen-bond acceptors (Lipinski definition) is 6. The van der Waals surface area contributed by atoms with E-state index in [1.54, 1.807) is 24.3 Å². The van der Waals surface area contributed by atoms with E-state index in [0.29, 0.717) is 48.9 Å². The zero-order valence-electron chi connectivity index (χ0n) is 21.7. The highest BCUT2D eigenvalue weighted by atomic mass is 19.1. The van der Waals surface area contributed by atoms with Crippen LogP contribution in [0, 0.1) is 18.2 Å². The maximum absolute atomic E-state index is 14.4. The Morgan fingerprint density at radius 1 is 1.05 bits per heavy atom. The molecule has 2 N–H and O–H groups in total. The molecule has 2 heterocycles. The molecule has 1 aliphatic rings. The Balaban J connectivity index is 1.50. The molecule has 0 unspecified atom stereocenters. The van der Waals surface area contributed by atoms with Crippen molar-refractivity contribution in [2.75, 3.05) is 43.1 Å². The van der Waals surface area contributed by atoms with Crippen LogP contribution in [0.2, 0.25) is 0 Å². The Morgan fingerprint density at radius 3 is 2.65 bits per heavy atom. The van der Waals surface area contributed by atoms with Crippen molar-refractivity contribution in [2.24, 2.45) is 5.41 Å². The van der Waals surface area contributed by atoms with Crippen LogP contribution in [-0.4, -0.2) is 49.8 Å². The predicted octanol–water partition coefficient (Wildman–Crippen LogP) is 5.04. The second-order valence-electron chi connectivity index (χ2n) is 10.5. The third-order valence-electron chi connectivity index (χ3n) is 6.02. The van der Waals surface area contributed by atoms with Crippen molar-refractivity contribution in [1.29, 1.82) is 0 Å². The van der Waals surface area contributed by atoms with Gasteiger partial charge in [-0.15, -0.1) is 0 Å². The third kappa shape index (κ3) is 6.95. The van der Waals surface area contributed by atoms with Gasteiger partial charge in [0.05, 0.1) is 6.61 Å². The van der Waals surface area contributed by atoms with Crippen LogP contribution in [0.3, 0.4) is 0 Å². The minimum Gasteiger partial charge on any atom is -0.380 e. The largest absolute Gasteiger partial charge is 0.380 e. The molecule has 0 saturated carbocycles. The van der Waals surface area contributed by atoms with Gasteiger partial charge in [0.2, 0.25) is 5.76 Å². The Hall–Kier alpha value is -3.72. The summed E-state index contributed by atoms with van der Waals surface area (Å²) in [7, 11) is 0. The van der Waals surface area contributed by atoms with E-state index in [0.717, 1.165) is 18.5 Å². The zero-order valence-corrected chi connectivity index (χ0v) is 21.7. The summed E-state index contributed by atoms with van der Waals surface area (Å²) < 4.78 is 25.2. The number of carbonyl (C=O) groups excluding carboxylic acids is 2. The number of hydrogen-bond donors (Lipinski definition) is 2. The van der Waals surface area contributed by atoms with Crippen LogP contribution in [0.4, 0.5) is 15.8 Å². The minimum absolute atomic E-state index is 0.0639. The van der Waals surface area contributed by atoms with E-state index in [-0.39, 0.29) is 22.6 Å². The van der Waals surface area contributed by atoms with Gasteiger partial charge in [-0.1, -0.05) is 32.0 Å². The molecule has 2 aromatic carbocycles. The van der Waals surface area contributed by atoms with Crippen LogP contribution in [0.25, 0.3) is 11.3 Å². The first-order chi connectivity index (χ1) is 17.6. The number of nitrogens with zero attached hydrogens (tertiary/aromatic N) is 2. The normalized spacial score (nSPS) is 14.2. The summed E-state index contributed by atoms with van der Waals surface area (Å²) in [5.41, 5.74) is 3.41. The van der Waals surface area contributed by atoms with Gasteiger partial charge in [0, 0.05) is 54.8 Å². The second-order valence-corrected chi connectivity index (χ2v) is 10.5. The summed E-state index contributed by atoms with van der Waals surface area (Å²) in [5.74, 6) is -1.13. The maximum Gasteiger partial charge on any atom is 0.289 e. The highest BCUT2D eigenvalue weighted by molar-refractivity contribution is 6.05. The molecule has 0 aliphatic carbocycles. The van der Waals surface area contributed by atoms with Gasteiger partial charge in [0.15, 0.2) is 0 Å². The average molecular weight is 509 g/mol. The molecule has 8 nitrogen and oxygen atoms in total. The van der Waals surface area contributed by atoms with Crippen molar-refractivity contribution in [3.63, 3.8) is 0 Å². The number of carbonyl (C=O) groups is 2. The van der Waals surface area contributed by atoms with Gasteiger partial charge in [-0.05, 0) is 54.7 Å². The van der Waals surface area contributed by atoms with Gasteiger partial charge in [0.1, 0.15) is 11.5 Å². The van der Waals surface area contributed by atoms with Gasteiger partial charge >= 0.3 is 0 Å². The number of aromatic nitrogens is 1. The molecule has 2 amide bonds. The Morgan fingerprint density at radius 2 is 1.86 bits per heavy atom. The summed E-state index contributed by atoms with van der Waals surface area (Å²) >= 11 is 0. The Labute approximate surface area is 216 Å². The van der Waals surface area contributed by atoms with Crippen LogP contribution in [0.15, 0.2) is 47.0 Å². The lowest BCUT2D eigenvalue weighted by Crippen LogP contribution is -2.31. The molecule has 1 saturated heterocycles. The summed E-state index contributed by atoms with van der Waals surface area (Å²) in [5, 5.41) is 9.74. The monoisotopic (exact) mass is 508 g/mol. The highest BCUT2D eigenvalue weighted by Crippen LogP contribution is 2.27. The SMILES string of the molecule is Cc1ccc(NC(=O)c2cc(F)cc(N3CCCOCC3)c2)cc1-c1cc(C(=O)NCC(C)(C)C)on1. The van der Waals surface area contributed by atoms with E-state index in [9.17, 15) is 14.0 Å². The van der Waals surface area contributed by atoms with Gasteiger partial charge in [-0.2, -0.15) is 0 Å². The number of amides is 2. The second kappa shape index (κ2) is 11.1. The highest BCUT2D eigenvalue weighted by Gasteiger charge is 2.19. The molecule has 1 aliphatic heterocycles. The number of anilines is 2. The standard InChI is InChI=1S/C28H33FN4O4/c1-18-6-7-21(15-23(18)24-16-25(37-32-24)27(35)30-17-28(2,3)4)31-26(34)19-12-20(29)14-22(13-19)33-8-5-10-36-11-9-33/h6-7,12-16H,5,8-11,17H2,1-4H3,(H,30,35)(H,31,34). The van der Waals surface area contributed by atoms with Crippen LogP contribution < -0.4 is 15.5 Å². The molecule has 9 heteroatoms. The first-order valence-electron chi connectivity index (χ1n) is 12.4. The molecular formula is C28H33FN4O4. The Bertz CT molecular complexity index is 1270. The van der Waals surface area contributed by atoms with E-state index in [2.05, 4.69) is 15.8 Å². The number of nitrogens with one attached hydrogen (secondary N) is 2. The third-order valence-corrected chi connectivity index (χ3v) is 6.02. The molecule has 3 aromatic rings. The van der Waals surface area contributed by atoms with Gasteiger partial charge in [-0.3, -0.25) is 9.59 Å². The van der Waals surface area contributed by atoms with Crippen molar-refractivity contribution in [2.45, 2.75) is 34.1 Å². The van der Waals surface area contributed by atoms with E-state index >= 15 is 0 Å². The number of ether oxygens (including phenoxy) is 1.